The van der Waals surface area contributed by atoms with Gasteiger partial charge in [-0.1, -0.05) is 42.8 Å². The minimum atomic E-state index is -2.31. The zero-order valence-corrected chi connectivity index (χ0v) is 20.8. The number of non-ortho nitro benzene ring substituents is 1. The standard InChI is InChI=1S/C19H24Cl2N2O4Si2/c1-28(2,3)22(17-9-8-14(23(25)26)12-16(17)21)19(24)15-11-13(20)7-10-18(15)27-29(4,5)6/h7-12H,1-6H3. The number of carbonyl (C=O) groups excluding carboxylic acids is 1. The average Bonchev–Trinajstić information content (AvgIpc) is 2.55. The van der Waals surface area contributed by atoms with E-state index in [-0.39, 0.29) is 16.6 Å². The first kappa shape index (κ1) is 23.4. The summed E-state index contributed by atoms with van der Waals surface area (Å²) in [6.45, 7) is 12.1. The Kier molecular flexibility index (Phi) is 6.83. The summed E-state index contributed by atoms with van der Waals surface area (Å²) in [6.07, 6.45) is 0. The Bertz CT molecular complexity index is 956. The second kappa shape index (κ2) is 8.47. The number of amides is 1. The fourth-order valence-corrected chi connectivity index (χ4v) is 5.76. The van der Waals surface area contributed by atoms with Gasteiger partial charge in [0.05, 0.1) is 21.2 Å². The molecule has 10 heteroatoms. The van der Waals surface area contributed by atoms with Crippen molar-refractivity contribution in [2.75, 3.05) is 4.57 Å². The van der Waals surface area contributed by atoms with Crippen LogP contribution in [0, 0.1) is 10.1 Å². The van der Waals surface area contributed by atoms with Gasteiger partial charge in [0.15, 0.2) is 8.24 Å². The molecule has 1 amide bonds. The molecule has 0 saturated heterocycles. The highest BCUT2D eigenvalue weighted by molar-refractivity contribution is 6.83. The number of hydrogen-bond acceptors (Lipinski definition) is 4. The van der Waals surface area contributed by atoms with Crippen LogP contribution in [0.2, 0.25) is 49.3 Å². The topological polar surface area (TPSA) is 72.7 Å². The van der Waals surface area contributed by atoms with Gasteiger partial charge in [-0.3, -0.25) is 14.9 Å². The van der Waals surface area contributed by atoms with Crippen LogP contribution in [0.3, 0.4) is 0 Å². The van der Waals surface area contributed by atoms with Gasteiger partial charge in [0, 0.05) is 17.2 Å². The molecule has 0 spiro atoms. The molecule has 156 valence electrons. The maximum atomic E-state index is 13.7. The van der Waals surface area contributed by atoms with Crippen LogP contribution in [0.4, 0.5) is 11.4 Å². The van der Waals surface area contributed by atoms with Crippen LogP contribution in [0.5, 0.6) is 5.75 Å². The predicted molar refractivity (Wildman–Crippen MR) is 124 cm³/mol. The summed E-state index contributed by atoms with van der Waals surface area (Å²) in [5.41, 5.74) is 0.643. The molecule has 2 rings (SSSR count). The third kappa shape index (κ3) is 5.82. The van der Waals surface area contributed by atoms with E-state index in [9.17, 15) is 14.9 Å². The van der Waals surface area contributed by atoms with Gasteiger partial charge in [-0.25, -0.2) is 0 Å². The minimum absolute atomic E-state index is 0.132. The van der Waals surface area contributed by atoms with E-state index in [1.807, 2.05) is 39.3 Å². The maximum Gasteiger partial charge on any atom is 0.271 e. The van der Waals surface area contributed by atoms with E-state index in [2.05, 4.69) is 0 Å². The van der Waals surface area contributed by atoms with Crippen LogP contribution in [-0.2, 0) is 0 Å². The Hall–Kier alpha value is -1.88. The molecule has 0 aliphatic carbocycles. The molecule has 0 heterocycles. The van der Waals surface area contributed by atoms with Gasteiger partial charge < -0.3 is 8.99 Å². The van der Waals surface area contributed by atoms with E-state index in [0.717, 1.165) is 0 Å². The molecule has 2 aromatic carbocycles. The lowest BCUT2D eigenvalue weighted by atomic mass is 10.2. The molecule has 2 aromatic rings. The summed E-state index contributed by atoms with van der Waals surface area (Å²) < 4.78 is 7.76. The summed E-state index contributed by atoms with van der Waals surface area (Å²) in [6, 6.07) is 9.10. The highest BCUT2D eigenvalue weighted by Gasteiger charge is 2.35. The molecule has 0 atom stereocenters. The molecular formula is C19H24Cl2N2O4Si2. The summed E-state index contributed by atoms with van der Waals surface area (Å²) >= 11 is 12.5. The zero-order valence-electron chi connectivity index (χ0n) is 17.2. The molecular weight excluding hydrogens is 447 g/mol. The second-order valence-corrected chi connectivity index (χ2v) is 18.6. The Morgan fingerprint density at radius 2 is 1.66 bits per heavy atom. The fourth-order valence-electron chi connectivity index (χ4n) is 2.77. The normalized spacial score (nSPS) is 11.9. The molecule has 0 unspecified atom stereocenters. The number of hydrogen-bond donors (Lipinski definition) is 0. The highest BCUT2D eigenvalue weighted by atomic mass is 35.5. The van der Waals surface area contributed by atoms with Crippen LogP contribution >= 0.6 is 23.2 Å². The SMILES string of the molecule is C[Si](C)(C)Oc1ccc(Cl)cc1C(=O)N(c1ccc([N+](=O)[O-])cc1Cl)[Si](C)(C)C. The van der Waals surface area contributed by atoms with Gasteiger partial charge >= 0.3 is 0 Å². The lowest BCUT2D eigenvalue weighted by Gasteiger charge is -2.35. The van der Waals surface area contributed by atoms with Crippen molar-refractivity contribution in [3.05, 3.63) is 62.1 Å². The highest BCUT2D eigenvalue weighted by Crippen LogP contribution is 2.36. The quantitative estimate of drug-likeness (QED) is 0.270. The van der Waals surface area contributed by atoms with Gasteiger partial charge in [-0.2, -0.15) is 0 Å². The molecule has 0 N–H and O–H groups in total. The van der Waals surface area contributed by atoms with Crippen molar-refractivity contribution in [2.24, 2.45) is 0 Å². The summed E-state index contributed by atoms with van der Waals surface area (Å²) in [4.78, 5) is 24.2. The van der Waals surface area contributed by atoms with Gasteiger partial charge in [0.1, 0.15) is 5.75 Å². The van der Waals surface area contributed by atoms with Crippen molar-refractivity contribution >= 4 is 57.0 Å². The molecule has 6 nitrogen and oxygen atoms in total. The van der Waals surface area contributed by atoms with E-state index in [0.29, 0.717) is 22.0 Å². The van der Waals surface area contributed by atoms with Crippen LogP contribution in [0.15, 0.2) is 36.4 Å². The monoisotopic (exact) mass is 470 g/mol. The molecule has 0 aliphatic heterocycles. The molecule has 0 fully saturated rings. The molecule has 0 saturated carbocycles. The van der Waals surface area contributed by atoms with Gasteiger partial charge in [-0.05, 0) is 43.9 Å². The van der Waals surface area contributed by atoms with Gasteiger partial charge in [0.25, 0.3) is 11.6 Å². The number of carbonyl (C=O) groups is 1. The number of halogens is 2. The summed E-state index contributed by atoms with van der Waals surface area (Å²) in [7, 11) is -4.29. The van der Waals surface area contributed by atoms with Crippen LogP contribution in [0.1, 0.15) is 10.4 Å². The molecule has 29 heavy (non-hydrogen) atoms. The van der Waals surface area contributed by atoms with E-state index < -0.39 is 21.5 Å². The third-order valence-corrected chi connectivity index (χ3v) is 7.00. The van der Waals surface area contributed by atoms with Crippen molar-refractivity contribution < 1.29 is 14.1 Å². The Balaban J connectivity index is 2.63. The van der Waals surface area contributed by atoms with Crippen molar-refractivity contribution in [1.82, 2.24) is 0 Å². The third-order valence-electron chi connectivity index (χ3n) is 3.85. The van der Waals surface area contributed by atoms with Gasteiger partial charge in [0.2, 0.25) is 8.32 Å². The Labute approximate surface area is 182 Å². The second-order valence-electron chi connectivity index (χ2n) is 8.56. The number of rotatable bonds is 6. The Morgan fingerprint density at radius 3 is 2.14 bits per heavy atom. The molecule has 0 aliphatic rings. The minimum Gasteiger partial charge on any atom is -0.544 e. The first-order valence-electron chi connectivity index (χ1n) is 8.98. The lowest BCUT2D eigenvalue weighted by Crippen LogP contribution is -2.50. The van der Waals surface area contributed by atoms with Crippen molar-refractivity contribution in [3.63, 3.8) is 0 Å². The first-order chi connectivity index (χ1) is 13.2. The van der Waals surface area contributed by atoms with E-state index in [1.54, 1.807) is 22.8 Å². The van der Waals surface area contributed by atoms with Crippen LogP contribution in [-0.4, -0.2) is 27.4 Å². The lowest BCUT2D eigenvalue weighted by molar-refractivity contribution is -0.384. The molecule has 0 aromatic heterocycles. The number of nitro groups is 1. The summed E-state index contributed by atoms with van der Waals surface area (Å²) in [5, 5.41) is 11.6. The Morgan fingerprint density at radius 1 is 1.03 bits per heavy atom. The van der Waals surface area contributed by atoms with Crippen molar-refractivity contribution in [3.8, 4) is 5.75 Å². The number of anilines is 1. The molecule has 0 radical (unpaired) electrons. The van der Waals surface area contributed by atoms with Crippen molar-refractivity contribution in [1.29, 1.82) is 0 Å². The zero-order chi connectivity index (χ0) is 22.1. The largest absolute Gasteiger partial charge is 0.544 e. The first-order valence-corrected chi connectivity index (χ1v) is 16.6. The average molecular weight is 471 g/mol. The predicted octanol–water partition coefficient (Wildman–Crippen LogP) is 6.60. The number of benzene rings is 2. The van der Waals surface area contributed by atoms with Crippen LogP contribution in [0.25, 0.3) is 0 Å². The number of nitro benzene ring substituents is 1. The summed E-state index contributed by atoms with van der Waals surface area (Å²) in [5.74, 6) is 0.176. The van der Waals surface area contributed by atoms with Gasteiger partial charge in [-0.15, -0.1) is 0 Å². The van der Waals surface area contributed by atoms with E-state index in [4.69, 9.17) is 27.6 Å². The number of nitrogens with zero attached hydrogens (tertiary/aromatic N) is 2. The smallest absolute Gasteiger partial charge is 0.271 e. The maximum absolute atomic E-state index is 13.7. The van der Waals surface area contributed by atoms with Crippen LogP contribution < -0.4 is 8.99 Å². The molecule has 0 bridgehead atoms. The van der Waals surface area contributed by atoms with E-state index >= 15 is 0 Å². The van der Waals surface area contributed by atoms with E-state index in [1.165, 1.54) is 18.2 Å². The fraction of sp³-hybridized carbons (Fsp3) is 0.316. The van der Waals surface area contributed by atoms with Crippen molar-refractivity contribution in [2.45, 2.75) is 39.3 Å².